The fraction of sp³-hybridized carbons (Fsp3) is 0.318. The summed E-state index contributed by atoms with van der Waals surface area (Å²) < 4.78 is 11.1. The number of carbonyl (C=O) groups excluding carboxylic acids is 1. The maximum absolute atomic E-state index is 12.8. The summed E-state index contributed by atoms with van der Waals surface area (Å²) in [6, 6.07) is 15.1. The topological polar surface area (TPSA) is 74.8 Å². The maximum atomic E-state index is 12.8. The van der Waals surface area contributed by atoms with Gasteiger partial charge in [0.15, 0.2) is 6.61 Å². The molecule has 2 N–H and O–H groups in total. The number of benzene rings is 2. The molecule has 0 saturated heterocycles. The minimum absolute atomic E-state index is 0.0694. The van der Waals surface area contributed by atoms with Gasteiger partial charge in [-0.05, 0) is 49.2 Å². The van der Waals surface area contributed by atoms with Gasteiger partial charge in [0.05, 0.1) is 25.8 Å². The van der Waals surface area contributed by atoms with E-state index in [2.05, 4.69) is 11.1 Å². The molecule has 1 unspecified atom stereocenters. The standard InChI is InChI=1S/C22H24N2O4/c1-2-27-16-7-9-17(10-8-16)28-14-22(26)24-12-21-19(11-15(24)13-25)18-5-3-4-6-20(18)23-21/h3-10,15,23,25H,2,11-14H2,1H3. The third-order valence-corrected chi connectivity index (χ3v) is 5.14. The second-order valence-electron chi connectivity index (χ2n) is 6.88. The van der Waals surface area contributed by atoms with Crippen molar-refractivity contribution in [2.45, 2.75) is 25.9 Å². The number of aliphatic hydroxyl groups excluding tert-OH is 1. The highest BCUT2D eigenvalue weighted by Crippen LogP contribution is 2.30. The van der Waals surface area contributed by atoms with E-state index in [1.54, 1.807) is 17.0 Å². The molecule has 0 spiro atoms. The average molecular weight is 380 g/mol. The van der Waals surface area contributed by atoms with Crippen molar-refractivity contribution in [3.05, 3.63) is 59.8 Å². The second kappa shape index (κ2) is 7.94. The Kier molecular flexibility index (Phi) is 5.21. The average Bonchev–Trinajstić information content (AvgIpc) is 3.10. The summed E-state index contributed by atoms with van der Waals surface area (Å²) in [5, 5.41) is 11.0. The highest BCUT2D eigenvalue weighted by atomic mass is 16.5. The Balaban J connectivity index is 1.46. The van der Waals surface area contributed by atoms with E-state index in [4.69, 9.17) is 9.47 Å². The number of fused-ring (bicyclic) bond motifs is 3. The minimum Gasteiger partial charge on any atom is -0.494 e. The third-order valence-electron chi connectivity index (χ3n) is 5.14. The van der Waals surface area contributed by atoms with E-state index >= 15 is 0 Å². The van der Waals surface area contributed by atoms with Crippen molar-refractivity contribution in [2.24, 2.45) is 0 Å². The zero-order chi connectivity index (χ0) is 19.5. The first-order chi connectivity index (χ1) is 13.7. The number of nitrogens with zero attached hydrogens (tertiary/aromatic N) is 1. The molecule has 6 nitrogen and oxygen atoms in total. The number of aliphatic hydroxyl groups is 1. The molecular weight excluding hydrogens is 356 g/mol. The summed E-state index contributed by atoms with van der Waals surface area (Å²) in [7, 11) is 0. The lowest BCUT2D eigenvalue weighted by Crippen LogP contribution is -2.48. The van der Waals surface area contributed by atoms with Crippen molar-refractivity contribution in [2.75, 3.05) is 19.8 Å². The Morgan fingerprint density at radius 1 is 1.14 bits per heavy atom. The number of rotatable bonds is 6. The first-order valence-electron chi connectivity index (χ1n) is 9.54. The number of nitrogens with one attached hydrogen (secondary N) is 1. The summed E-state index contributed by atoms with van der Waals surface area (Å²) in [5.41, 5.74) is 3.27. The number of para-hydroxylation sites is 1. The third kappa shape index (κ3) is 3.55. The number of H-pyrrole nitrogens is 1. The number of aromatic amines is 1. The molecule has 0 saturated carbocycles. The van der Waals surface area contributed by atoms with Crippen molar-refractivity contribution in [3.63, 3.8) is 0 Å². The minimum atomic E-state index is -0.247. The summed E-state index contributed by atoms with van der Waals surface area (Å²) >= 11 is 0. The Labute approximate surface area is 163 Å². The van der Waals surface area contributed by atoms with Gasteiger partial charge in [0.25, 0.3) is 5.91 Å². The highest BCUT2D eigenvalue weighted by molar-refractivity contribution is 5.86. The number of hydrogen-bond donors (Lipinski definition) is 2. The van der Waals surface area contributed by atoms with Gasteiger partial charge in [0.2, 0.25) is 0 Å². The van der Waals surface area contributed by atoms with E-state index in [-0.39, 0.29) is 25.2 Å². The SMILES string of the molecule is CCOc1ccc(OCC(=O)N2Cc3[nH]c4ccccc4c3CC2CO)cc1. The number of hydrogen-bond acceptors (Lipinski definition) is 4. The lowest BCUT2D eigenvalue weighted by Gasteiger charge is -2.34. The molecule has 146 valence electrons. The smallest absolute Gasteiger partial charge is 0.261 e. The van der Waals surface area contributed by atoms with Crippen molar-refractivity contribution >= 4 is 16.8 Å². The van der Waals surface area contributed by atoms with Crippen LogP contribution in [-0.4, -0.2) is 46.8 Å². The Morgan fingerprint density at radius 2 is 1.86 bits per heavy atom. The molecule has 4 rings (SSSR count). The van der Waals surface area contributed by atoms with Crippen LogP contribution in [0.15, 0.2) is 48.5 Å². The van der Waals surface area contributed by atoms with Gasteiger partial charge in [0.1, 0.15) is 11.5 Å². The number of ether oxygens (including phenoxy) is 2. The summed E-state index contributed by atoms with van der Waals surface area (Å²) in [6.45, 7) is 2.83. The number of amides is 1. The van der Waals surface area contributed by atoms with Gasteiger partial charge in [-0.15, -0.1) is 0 Å². The fourth-order valence-corrected chi connectivity index (χ4v) is 3.75. The number of aromatic nitrogens is 1. The molecule has 0 radical (unpaired) electrons. The first-order valence-corrected chi connectivity index (χ1v) is 9.54. The maximum Gasteiger partial charge on any atom is 0.261 e. The molecule has 2 aromatic carbocycles. The molecule has 1 aliphatic rings. The molecule has 1 amide bonds. The van der Waals surface area contributed by atoms with Gasteiger partial charge in [-0.3, -0.25) is 4.79 Å². The van der Waals surface area contributed by atoms with E-state index in [1.165, 1.54) is 5.56 Å². The molecule has 1 aromatic heterocycles. The van der Waals surface area contributed by atoms with Gasteiger partial charge >= 0.3 is 0 Å². The van der Waals surface area contributed by atoms with Crippen LogP contribution in [0.1, 0.15) is 18.2 Å². The van der Waals surface area contributed by atoms with Crippen LogP contribution in [-0.2, 0) is 17.8 Å². The zero-order valence-corrected chi connectivity index (χ0v) is 15.9. The fourth-order valence-electron chi connectivity index (χ4n) is 3.75. The molecular formula is C22H24N2O4. The van der Waals surface area contributed by atoms with Crippen LogP contribution in [0.4, 0.5) is 0 Å². The van der Waals surface area contributed by atoms with E-state index in [9.17, 15) is 9.90 Å². The van der Waals surface area contributed by atoms with E-state index in [0.717, 1.165) is 22.3 Å². The van der Waals surface area contributed by atoms with Crippen LogP contribution in [0.3, 0.4) is 0 Å². The predicted octanol–water partition coefficient (Wildman–Crippen LogP) is 2.89. The van der Waals surface area contributed by atoms with Crippen molar-refractivity contribution in [3.8, 4) is 11.5 Å². The molecule has 2 heterocycles. The monoisotopic (exact) mass is 380 g/mol. The molecule has 0 bridgehead atoms. The predicted molar refractivity (Wildman–Crippen MR) is 107 cm³/mol. The van der Waals surface area contributed by atoms with Crippen LogP contribution in [0.2, 0.25) is 0 Å². The Morgan fingerprint density at radius 3 is 2.57 bits per heavy atom. The Bertz CT molecular complexity index is 964. The van der Waals surface area contributed by atoms with E-state index in [0.29, 0.717) is 25.3 Å². The molecule has 1 aliphatic heterocycles. The normalized spacial score (nSPS) is 16.1. The zero-order valence-electron chi connectivity index (χ0n) is 15.9. The number of carbonyl (C=O) groups is 1. The van der Waals surface area contributed by atoms with Crippen LogP contribution in [0, 0.1) is 0 Å². The summed E-state index contributed by atoms with van der Waals surface area (Å²) in [6.07, 6.45) is 0.630. The lowest BCUT2D eigenvalue weighted by atomic mass is 9.97. The largest absolute Gasteiger partial charge is 0.494 e. The molecule has 6 heteroatoms. The summed E-state index contributed by atoms with van der Waals surface area (Å²) in [4.78, 5) is 17.9. The van der Waals surface area contributed by atoms with Crippen molar-refractivity contribution in [1.29, 1.82) is 0 Å². The second-order valence-corrected chi connectivity index (χ2v) is 6.88. The Hall–Kier alpha value is -2.99. The van der Waals surface area contributed by atoms with Gasteiger partial charge in [0, 0.05) is 16.6 Å². The van der Waals surface area contributed by atoms with E-state index in [1.807, 2.05) is 37.3 Å². The molecule has 3 aromatic rings. The molecule has 0 fully saturated rings. The quantitative estimate of drug-likeness (QED) is 0.690. The van der Waals surface area contributed by atoms with Crippen molar-refractivity contribution in [1.82, 2.24) is 9.88 Å². The van der Waals surface area contributed by atoms with Gasteiger partial charge in [-0.2, -0.15) is 0 Å². The molecule has 0 aliphatic carbocycles. The summed E-state index contributed by atoms with van der Waals surface area (Å²) in [5.74, 6) is 1.24. The molecule has 28 heavy (non-hydrogen) atoms. The van der Waals surface area contributed by atoms with Gasteiger partial charge in [-0.25, -0.2) is 0 Å². The van der Waals surface area contributed by atoms with Gasteiger partial charge in [-0.1, -0.05) is 18.2 Å². The lowest BCUT2D eigenvalue weighted by molar-refractivity contribution is -0.138. The van der Waals surface area contributed by atoms with Crippen LogP contribution >= 0.6 is 0 Å². The van der Waals surface area contributed by atoms with E-state index < -0.39 is 0 Å². The van der Waals surface area contributed by atoms with Crippen molar-refractivity contribution < 1.29 is 19.4 Å². The van der Waals surface area contributed by atoms with Gasteiger partial charge < -0.3 is 24.5 Å². The first kappa shape index (κ1) is 18.4. The molecule has 1 atom stereocenters. The van der Waals surface area contributed by atoms with Crippen LogP contribution < -0.4 is 9.47 Å². The van der Waals surface area contributed by atoms with Crippen LogP contribution in [0.25, 0.3) is 10.9 Å². The highest BCUT2D eigenvalue weighted by Gasteiger charge is 2.31. The van der Waals surface area contributed by atoms with Crippen LogP contribution in [0.5, 0.6) is 11.5 Å².